The first-order valence-corrected chi connectivity index (χ1v) is 40.3. The van der Waals surface area contributed by atoms with Crippen molar-refractivity contribution in [1.82, 2.24) is 16.0 Å². The number of hydrogen-bond acceptors (Lipinski definition) is 19. The molecule has 0 spiro atoms. The normalized spacial score (nSPS) is 27.7. The van der Waals surface area contributed by atoms with Crippen LogP contribution in [0, 0.1) is 0 Å². The summed E-state index contributed by atoms with van der Waals surface area (Å²) in [6, 6.07) is -4.87. The summed E-state index contributed by atoms with van der Waals surface area (Å²) in [5, 5.41) is 72.7. The predicted molar refractivity (Wildman–Crippen MR) is 410 cm³/mol. The van der Waals surface area contributed by atoms with E-state index in [4.69, 9.17) is 32.7 Å². The molecular weight excluding hydrogens is 1400 g/mol. The molecule has 3 amide bonds. The maximum Gasteiger partial charge on any atom is 0.483 e. The van der Waals surface area contributed by atoms with E-state index < -0.39 is 144 Å². The Kier molecular flexibility index (Phi) is 44.1. The van der Waals surface area contributed by atoms with Crippen LogP contribution in [-0.2, 0) is 65.4 Å². The average molecular weight is 1530 g/mol. The first-order chi connectivity index (χ1) is 49.8. The number of phosphoric acid groups is 2. The van der Waals surface area contributed by atoms with E-state index in [1.54, 1.807) is 6.92 Å². The zero-order valence-electron chi connectivity index (χ0n) is 65.8. The third-order valence-electron chi connectivity index (χ3n) is 18.7. The van der Waals surface area contributed by atoms with Crippen LogP contribution >= 0.6 is 15.6 Å². The van der Waals surface area contributed by atoms with Gasteiger partial charge in [0.05, 0.1) is 25.4 Å². The van der Waals surface area contributed by atoms with E-state index in [0.29, 0.717) is 12.8 Å². The third kappa shape index (κ3) is 37.5. The van der Waals surface area contributed by atoms with Gasteiger partial charge in [0.15, 0.2) is 25.0 Å². The van der Waals surface area contributed by atoms with Crippen LogP contribution in [0.25, 0.3) is 0 Å². The van der Waals surface area contributed by atoms with Crippen molar-refractivity contribution in [2.45, 2.75) is 331 Å². The van der Waals surface area contributed by atoms with Crippen LogP contribution < -0.4 is 16.0 Å². The number of aliphatic hydroxyl groups excluding tert-OH is 5. The van der Waals surface area contributed by atoms with E-state index in [-0.39, 0.29) is 0 Å². The van der Waals surface area contributed by atoms with Gasteiger partial charge in [-0.25, -0.2) is 13.9 Å². The van der Waals surface area contributed by atoms with E-state index >= 15 is 0 Å². The van der Waals surface area contributed by atoms with E-state index in [9.17, 15) is 68.7 Å². The molecule has 0 saturated carbocycles. The summed E-state index contributed by atoms with van der Waals surface area (Å²) < 4.78 is 69.5. The molecule has 3 fully saturated rings. The van der Waals surface area contributed by atoms with Crippen LogP contribution in [0.1, 0.15) is 239 Å². The molecule has 3 saturated heterocycles. The van der Waals surface area contributed by atoms with Gasteiger partial charge in [0.1, 0.15) is 54.8 Å². The molecular formula is C79H129N3O22P2. The zero-order chi connectivity index (χ0) is 79.4. The number of aliphatic carboxylic acids is 1. The largest absolute Gasteiger partial charge is 0.483 e. The summed E-state index contributed by atoms with van der Waals surface area (Å²) in [4.78, 5) is 70.7. The Bertz CT molecular complexity index is 3250. The number of carbonyl (C=O) groups is 4. The molecule has 3 aliphatic heterocycles. The number of hydrogen-bond donors (Lipinski definition) is 11. The van der Waals surface area contributed by atoms with Gasteiger partial charge in [-0.2, -0.15) is 4.31 Å². The Balaban J connectivity index is 1.40. The summed E-state index contributed by atoms with van der Waals surface area (Å²) >= 11 is 0. The van der Waals surface area contributed by atoms with Gasteiger partial charge in [-0.3, -0.25) is 23.4 Å². The van der Waals surface area contributed by atoms with Crippen LogP contribution in [0.4, 0.5) is 0 Å². The molecule has 25 nitrogen and oxygen atoms in total. The Labute approximate surface area is 630 Å². The molecule has 3 rings (SSSR count). The Morgan fingerprint density at radius 2 is 0.717 bits per heavy atom. The van der Waals surface area contributed by atoms with Crippen LogP contribution in [0.15, 0.2) is 128 Å². The average Bonchev–Trinajstić information content (AvgIpc) is 0.769. The molecule has 17 atom stereocenters. The molecule has 27 heteroatoms. The second-order valence-electron chi connectivity index (χ2n) is 29.1. The summed E-state index contributed by atoms with van der Waals surface area (Å²) in [7, 11) is -11.2. The van der Waals surface area contributed by atoms with E-state index in [1.807, 2.05) is 0 Å². The highest BCUT2D eigenvalue weighted by atomic mass is 31.3. The molecule has 0 aliphatic carbocycles. The lowest BCUT2D eigenvalue weighted by atomic mass is 9.93. The maximum absolute atomic E-state index is 13.3. The number of amides is 3. The lowest BCUT2D eigenvalue weighted by molar-refractivity contribution is -0.348. The number of allylic oxidation sites excluding steroid dienone is 21. The fourth-order valence-electron chi connectivity index (χ4n) is 12.4. The third-order valence-corrected chi connectivity index (χ3v) is 21.3. The number of ether oxygens (including phenoxy) is 5. The van der Waals surface area contributed by atoms with Crippen LogP contribution in [-0.4, -0.2) is 169 Å². The fourth-order valence-corrected chi connectivity index (χ4v) is 14.5. The quantitative estimate of drug-likeness (QED) is 0.0199. The summed E-state index contributed by atoms with van der Waals surface area (Å²) in [5.74, 6) is -4.12. The molecule has 11 N–H and O–H groups in total. The summed E-state index contributed by atoms with van der Waals surface area (Å²) in [6.45, 7) is 29.0. The number of aliphatic hydroxyl groups is 5. The number of nitrogens with one attached hydrogen (secondary N) is 3. The highest BCUT2D eigenvalue weighted by Crippen LogP contribution is 2.61. The summed E-state index contributed by atoms with van der Waals surface area (Å²) in [6.07, 6.45) is 22.4. The molecule has 0 aromatic carbocycles. The molecule has 3 aliphatic rings. The number of rotatable bonds is 46. The molecule has 0 bridgehead atoms. The van der Waals surface area contributed by atoms with Crippen LogP contribution in [0.3, 0.4) is 0 Å². The fraction of sp³-hybridized carbons (Fsp3) is 0.671. The second kappa shape index (κ2) is 49.2. The highest BCUT2D eigenvalue weighted by Gasteiger charge is 2.57. The minimum atomic E-state index is -5.76. The smallest absolute Gasteiger partial charge is 0.479 e. The van der Waals surface area contributed by atoms with E-state index in [1.165, 1.54) is 68.7 Å². The second-order valence-corrected chi connectivity index (χ2v) is 32.1. The standard InChI is InChI=1S/C79H129N3O22P2/c1-50(2)27-17-28-51(3)29-18-30-52(4)31-19-32-53(5)33-20-34-54(6)35-21-36-55(7)37-22-38-56(8)39-23-40-57(9)41-24-42-58(10)43-25-44-59(11)45-26-46-60(12)47-48-97-105(93,94)104-106(95,96)103-78-68(82-64(16)86)70(88)73(65(49-83)99-78)100-77-67(81-63(15)85)71(89)74(75(102-77)76(91)92)101-79-72(90)69(87)66(61(13)98-79)80-62(14)84/h27,29,31,33,35,37,39,41,43,45,47,61,65-75,77-79,83,87-90H,17-26,28,30,32,34,36,38,40,42,44,46,48-49H2,1-16H3,(H,80,84)(H,81,85)(H,82,86)(H,91,92)(H,93,94)(H,95,96)/b51-29+,52-31+,53-33-,54-35-,55-37-,56-39-,57-41-,58-43-,59-45-,60-47-/t61-,65-,66+,67+,68-,69+,70-,71-,72-,73-,74+,75+,77-,78-,79-/m1/s1. The summed E-state index contributed by atoms with van der Waals surface area (Å²) in [5.41, 5.74) is 15.0. The first-order valence-electron chi connectivity index (χ1n) is 37.4. The van der Waals surface area contributed by atoms with Gasteiger partial charge >= 0.3 is 21.6 Å². The molecule has 3 heterocycles. The van der Waals surface area contributed by atoms with Crippen molar-refractivity contribution in [3.05, 3.63) is 128 Å². The number of phosphoric ester groups is 2. The van der Waals surface area contributed by atoms with Crippen LogP contribution in [0.2, 0.25) is 0 Å². The predicted octanol–water partition coefficient (Wildman–Crippen LogP) is 13.5. The topological polar surface area (TPSA) is 374 Å². The van der Waals surface area contributed by atoms with Crippen molar-refractivity contribution in [3.63, 3.8) is 0 Å². The SMILES string of the molecule is CC(=O)N[C@@H]1[C@H](O[C@H]2[C@H](O)[C@@H](NC(C)=O)[C@@H](OP(=O)(O)OP(=O)(O)OC/C=C(/C)CC/C=C(/C)CC/C=C(/C)CC/C=C(/C)CC/C=C(/C)CC/C=C(/C)CC/C=C(/C)CC/C=C(/C)CC/C=C(\C)CC/C=C(\C)CCC=C(C)C)O[C@@H]2CO)O[C@H](C(=O)O)[C@@H](O[C@H]2O[C@H](C)[C@H](NC(C)=O)[C@H](O)[C@H]2O)[C@@H]1O. The lowest BCUT2D eigenvalue weighted by Crippen LogP contribution is -2.71. The highest BCUT2D eigenvalue weighted by molar-refractivity contribution is 7.61. The van der Waals surface area contributed by atoms with Gasteiger partial charge in [-0.05, 0) is 218 Å². The Morgan fingerprint density at radius 3 is 1.06 bits per heavy atom. The monoisotopic (exact) mass is 1530 g/mol. The molecule has 2 unspecified atom stereocenters. The number of carboxylic acid groups (broad SMARTS) is 1. The van der Waals surface area contributed by atoms with Gasteiger partial charge < -0.3 is 80.1 Å². The first kappa shape index (κ1) is 95.1. The minimum Gasteiger partial charge on any atom is -0.479 e. The maximum atomic E-state index is 13.3. The van der Waals surface area contributed by atoms with Crippen molar-refractivity contribution in [3.8, 4) is 0 Å². The van der Waals surface area contributed by atoms with Gasteiger partial charge in [0.2, 0.25) is 17.7 Å². The van der Waals surface area contributed by atoms with Crippen LogP contribution in [0.5, 0.6) is 0 Å². The van der Waals surface area contributed by atoms with Gasteiger partial charge in [0.25, 0.3) is 0 Å². The van der Waals surface area contributed by atoms with Gasteiger partial charge in [0, 0.05) is 20.8 Å². The molecule has 0 aromatic heterocycles. The van der Waals surface area contributed by atoms with E-state index in [2.05, 4.69) is 157 Å². The van der Waals surface area contributed by atoms with Crippen molar-refractivity contribution in [2.75, 3.05) is 13.2 Å². The van der Waals surface area contributed by atoms with Crippen molar-refractivity contribution in [1.29, 1.82) is 0 Å². The number of carboxylic acids is 1. The Hall–Kier alpha value is -5.12. The van der Waals surface area contributed by atoms with E-state index in [0.717, 1.165) is 142 Å². The van der Waals surface area contributed by atoms with Crippen molar-refractivity contribution >= 4 is 39.3 Å². The molecule has 106 heavy (non-hydrogen) atoms. The molecule has 602 valence electrons. The number of carbonyl (C=O) groups excluding carboxylic acids is 3. The molecule has 0 radical (unpaired) electrons. The van der Waals surface area contributed by atoms with Gasteiger partial charge in [-0.1, -0.05) is 128 Å². The van der Waals surface area contributed by atoms with Crippen molar-refractivity contribution < 1.29 is 106 Å². The van der Waals surface area contributed by atoms with Gasteiger partial charge in [-0.15, -0.1) is 0 Å². The zero-order valence-corrected chi connectivity index (χ0v) is 67.5. The molecule has 0 aromatic rings. The Morgan fingerprint density at radius 1 is 0.396 bits per heavy atom. The minimum absolute atomic E-state index is 0.533. The lowest BCUT2D eigenvalue weighted by Gasteiger charge is -2.49. The van der Waals surface area contributed by atoms with Crippen molar-refractivity contribution in [2.24, 2.45) is 0 Å².